The third-order valence-electron chi connectivity index (χ3n) is 4.33. The van der Waals surface area contributed by atoms with Gasteiger partial charge in [-0.25, -0.2) is 10.2 Å². The van der Waals surface area contributed by atoms with E-state index < -0.39 is 11.9 Å². The summed E-state index contributed by atoms with van der Waals surface area (Å²) in [6.07, 6.45) is 1.39. The number of rotatable bonds is 6. The molecule has 0 fully saturated rings. The van der Waals surface area contributed by atoms with E-state index >= 15 is 0 Å². The van der Waals surface area contributed by atoms with E-state index in [0.29, 0.717) is 22.8 Å². The van der Waals surface area contributed by atoms with Crippen LogP contribution in [0.1, 0.15) is 37.6 Å². The lowest BCUT2D eigenvalue weighted by molar-refractivity contribution is 0.0696. The molecule has 0 aliphatic heterocycles. The summed E-state index contributed by atoms with van der Waals surface area (Å²) in [6.45, 7) is 3.72. The lowest BCUT2D eigenvalue weighted by Crippen LogP contribution is -2.18. The number of hydrogen-bond donors (Lipinski definition) is 2. The smallest absolute Gasteiger partial charge is 0.335 e. The van der Waals surface area contributed by atoms with Crippen molar-refractivity contribution in [2.45, 2.75) is 13.8 Å². The normalized spacial score (nSPS) is 10.9. The topological polar surface area (TPSA) is 101 Å². The van der Waals surface area contributed by atoms with Crippen LogP contribution in [0, 0.1) is 13.8 Å². The van der Waals surface area contributed by atoms with Gasteiger partial charge in [0.1, 0.15) is 17.3 Å². The Labute approximate surface area is 167 Å². The summed E-state index contributed by atoms with van der Waals surface area (Å²) >= 11 is 0. The fourth-order valence-corrected chi connectivity index (χ4v) is 2.84. The van der Waals surface area contributed by atoms with Crippen LogP contribution in [0.3, 0.4) is 0 Å². The average Bonchev–Trinajstić information content (AvgIpc) is 3.16. The van der Waals surface area contributed by atoms with Gasteiger partial charge in [0.05, 0.1) is 24.5 Å². The maximum atomic E-state index is 12.3. The lowest BCUT2D eigenvalue weighted by Gasteiger charge is -2.07. The van der Waals surface area contributed by atoms with Crippen LogP contribution in [0.5, 0.6) is 5.75 Å². The maximum Gasteiger partial charge on any atom is 0.335 e. The molecule has 7 nitrogen and oxygen atoms in total. The predicted molar refractivity (Wildman–Crippen MR) is 109 cm³/mol. The fraction of sp³-hybridized carbons (Fsp3) is 0.136. The standard InChI is InChI=1S/C22H20N2O5/c1-13-4-7-18(20(10-13)28-3)21(25)24-23-12-16-6-9-19(29-16)17-8-5-15(22(26)27)11-14(17)2/h4-12H,1-3H3,(H,24,25)(H,26,27)/b23-12-. The van der Waals surface area contributed by atoms with Crippen molar-refractivity contribution in [1.82, 2.24) is 5.43 Å². The minimum Gasteiger partial charge on any atom is -0.496 e. The number of amides is 1. The molecule has 2 aromatic carbocycles. The molecule has 0 saturated heterocycles. The summed E-state index contributed by atoms with van der Waals surface area (Å²) in [6, 6.07) is 13.5. The number of nitrogens with zero attached hydrogens (tertiary/aromatic N) is 1. The number of ether oxygens (including phenoxy) is 1. The van der Waals surface area contributed by atoms with Gasteiger partial charge in [0.2, 0.25) is 0 Å². The van der Waals surface area contributed by atoms with Crippen LogP contribution in [-0.4, -0.2) is 30.3 Å². The average molecular weight is 392 g/mol. The van der Waals surface area contributed by atoms with E-state index in [9.17, 15) is 9.59 Å². The first-order valence-corrected chi connectivity index (χ1v) is 8.81. The Kier molecular flexibility index (Phi) is 5.78. The zero-order valence-corrected chi connectivity index (χ0v) is 16.2. The second-order valence-electron chi connectivity index (χ2n) is 6.44. The largest absolute Gasteiger partial charge is 0.496 e. The van der Waals surface area contributed by atoms with Crippen LogP contribution < -0.4 is 10.2 Å². The number of carboxylic acid groups (broad SMARTS) is 1. The fourth-order valence-electron chi connectivity index (χ4n) is 2.84. The molecule has 0 bridgehead atoms. The third kappa shape index (κ3) is 4.52. The number of aromatic carboxylic acids is 1. The molecule has 3 rings (SSSR count). The van der Waals surface area contributed by atoms with E-state index in [1.165, 1.54) is 19.4 Å². The van der Waals surface area contributed by atoms with Crippen molar-refractivity contribution in [3.63, 3.8) is 0 Å². The molecule has 0 saturated carbocycles. The number of hydrazone groups is 1. The Hall–Kier alpha value is -3.87. The van der Waals surface area contributed by atoms with Crippen molar-refractivity contribution in [3.8, 4) is 17.1 Å². The summed E-state index contributed by atoms with van der Waals surface area (Å²) in [5, 5.41) is 13.0. The van der Waals surface area contributed by atoms with Gasteiger partial charge in [0.15, 0.2) is 0 Å². The van der Waals surface area contributed by atoms with E-state index in [-0.39, 0.29) is 5.56 Å². The second-order valence-corrected chi connectivity index (χ2v) is 6.44. The Bertz CT molecular complexity index is 1100. The van der Waals surface area contributed by atoms with Gasteiger partial charge in [0.25, 0.3) is 5.91 Å². The molecule has 0 radical (unpaired) electrons. The highest BCUT2D eigenvalue weighted by molar-refractivity contribution is 5.97. The number of carbonyl (C=O) groups is 2. The molecule has 0 aliphatic rings. The van der Waals surface area contributed by atoms with Crippen LogP contribution in [0.2, 0.25) is 0 Å². The highest BCUT2D eigenvalue weighted by Gasteiger charge is 2.12. The van der Waals surface area contributed by atoms with Crippen molar-refractivity contribution in [1.29, 1.82) is 0 Å². The summed E-state index contributed by atoms with van der Waals surface area (Å²) in [5.41, 5.74) is 5.59. The molecule has 7 heteroatoms. The first kappa shape index (κ1) is 19.9. The number of furan rings is 1. The quantitative estimate of drug-likeness (QED) is 0.487. The summed E-state index contributed by atoms with van der Waals surface area (Å²) in [4.78, 5) is 23.4. The van der Waals surface area contributed by atoms with Crippen LogP contribution in [0.25, 0.3) is 11.3 Å². The minimum atomic E-state index is -0.979. The zero-order chi connectivity index (χ0) is 21.0. The number of carbonyl (C=O) groups excluding carboxylic acids is 1. The van der Waals surface area contributed by atoms with Crippen LogP contribution in [0.15, 0.2) is 58.0 Å². The van der Waals surface area contributed by atoms with E-state index in [1.807, 2.05) is 19.9 Å². The maximum absolute atomic E-state index is 12.3. The molecular formula is C22H20N2O5. The number of hydrogen-bond acceptors (Lipinski definition) is 5. The summed E-state index contributed by atoms with van der Waals surface area (Å²) in [5.74, 6) is 0.112. The summed E-state index contributed by atoms with van der Waals surface area (Å²) < 4.78 is 11.0. The molecule has 2 N–H and O–H groups in total. The third-order valence-corrected chi connectivity index (χ3v) is 4.33. The Morgan fingerprint density at radius 3 is 2.59 bits per heavy atom. The molecule has 1 heterocycles. The van der Waals surface area contributed by atoms with Gasteiger partial charge >= 0.3 is 5.97 Å². The number of methoxy groups -OCH3 is 1. The molecule has 29 heavy (non-hydrogen) atoms. The molecule has 148 valence electrons. The van der Waals surface area contributed by atoms with Crippen LogP contribution in [-0.2, 0) is 0 Å². The van der Waals surface area contributed by atoms with Gasteiger partial charge < -0.3 is 14.3 Å². The van der Waals surface area contributed by atoms with Crippen LogP contribution >= 0.6 is 0 Å². The first-order chi connectivity index (χ1) is 13.9. The molecule has 0 unspecified atom stereocenters. The van der Waals surface area contributed by atoms with Gasteiger partial charge in [-0.2, -0.15) is 5.10 Å². The molecular weight excluding hydrogens is 372 g/mol. The number of benzene rings is 2. The van der Waals surface area contributed by atoms with Crippen LogP contribution in [0.4, 0.5) is 0 Å². The van der Waals surface area contributed by atoms with Gasteiger partial charge in [-0.3, -0.25) is 4.79 Å². The Morgan fingerprint density at radius 1 is 1.10 bits per heavy atom. The van der Waals surface area contributed by atoms with Crippen molar-refractivity contribution in [2.75, 3.05) is 7.11 Å². The first-order valence-electron chi connectivity index (χ1n) is 8.81. The zero-order valence-electron chi connectivity index (χ0n) is 16.2. The molecule has 0 atom stereocenters. The van der Waals surface area contributed by atoms with Crippen molar-refractivity contribution < 1.29 is 23.8 Å². The monoisotopic (exact) mass is 392 g/mol. The molecule has 1 amide bonds. The highest BCUT2D eigenvalue weighted by atomic mass is 16.5. The Balaban J connectivity index is 1.71. The van der Waals surface area contributed by atoms with Gasteiger partial charge in [-0.1, -0.05) is 12.1 Å². The van der Waals surface area contributed by atoms with E-state index in [1.54, 1.807) is 36.4 Å². The van der Waals surface area contributed by atoms with Gasteiger partial charge in [0, 0.05) is 5.56 Å². The van der Waals surface area contributed by atoms with E-state index in [0.717, 1.165) is 16.7 Å². The van der Waals surface area contributed by atoms with Crippen molar-refractivity contribution in [3.05, 3.63) is 76.5 Å². The van der Waals surface area contributed by atoms with Crippen molar-refractivity contribution in [2.24, 2.45) is 5.10 Å². The van der Waals surface area contributed by atoms with E-state index in [4.69, 9.17) is 14.3 Å². The predicted octanol–water partition coefficient (Wildman–Crippen LogP) is 4.03. The molecule has 1 aromatic heterocycles. The summed E-state index contributed by atoms with van der Waals surface area (Å²) in [7, 11) is 1.50. The van der Waals surface area contributed by atoms with E-state index in [2.05, 4.69) is 10.5 Å². The number of carboxylic acids is 1. The number of aryl methyl sites for hydroxylation is 2. The number of nitrogens with one attached hydrogen (secondary N) is 1. The highest BCUT2D eigenvalue weighted by Crippen LogP contribution is 2.26. The second kappa shape index (κ2) is 8.43. The molecule has 0 spiro atoms. The lowest BCUT2D eigenvalue weighted by atomic mass is 10.0. The van der Waals surface area contributed by atoms with Gasteiger partial charge in [-0.15, -0.1) is 0 Å². The Morgan fingerprint density at radius 2 is 1.90 bits per heavy atom. The van der Waals surface area contributed by atoms with Gasteiger partial charge in [-0.05, 0) is 61.4 Å². The molecule has 0 aliphatic carbocycles. The minimum absolute atomic E-state index is 0.217. The van der Waals surface area contributed by atoms with Crippen molar-refractivity contribution >= 4 is 18.1 Å². The SMILES string of the molecule is COc1cc(C)ccc1C(=O)N/N=C\c1ccc(-c2ccc(C(=O)O)cc2C)o1. The molecule has 3 aromatic rings.